The van der Waals surface area contributed by atoms with Crippen LogP contribution in [0.25, 0.3) is 0 Å². The fourth-order valence-corrected chi connectivity index (χ4v) is 1.57. The minimum atomic E-state index is -2.02. The molecule has 5 nitrogen and oxygen atoms in total. The van der Waals surface area contributed by atoms with Crippen LogP contribution in [0.3, 0.4) is 0 Å². The summed E-state index contributed by atoms with van der Waals surface area (Å²) in [5.41, 5.74) is -2.02. The number of ether oxygens (including phenoxy) is 2. The van der Waals surface area contributed by atoms with Gasteiger partial charge in [0.1, 0.15) is 6.61 Å². The van der Waals surface area contributed by atoms with Crippen molar-refractivity contribution in [1.82, 2.24) is 0 Å². The monoisotopic (exact) mass is 439 g/mol. The van der Waals surface area contributed by atoms with Gasteiger partial charge in [0.25, 0.3) is 0 Å². The fourth-order valence-electron chi connectivity index (χ4n) is 1.57. The first-order valence-electron chi connectivity index (χ1n) is 5.99. The van der Waals surface area contributed by atoms with Gasteiger partial charge in [0.2, 0.25) is 11.4 Å². The van der Waals surface area contributed by atoms with Crippen LogP contribution in [0.4, 0.5) is 0 Å². The van der Waals surface area contributed by atoms with E-state index in [1.165, 1.54) is 13.8 Å². The number of ketones is 3. The summed E-state index contributed by atoms with van der Waals surface area (Å²) in [6.07, 6.45) is -0.578. The Hall–Kier alpha value is -0.330. The van der Waals surface area contributed by atoms with Gasteiger partial charge in [-0.1, -0.05) is 0 Å². The molecule has 0 unspecified atom stereocenters. The quantitative estimate of drug-likeness (QED) is 0.534. The van der Waals surface area contributed by atoms with E-state index in [-0.39, 0.29) is 35.1 Å². The third-order valence-electron chi connectivity index (χ3n) is 2.34. The third-order valence-corrected chi connectivity index (χ3v) is 2.34. The minimum Gasteiger partial charge on any atom is -0.371 e. The van der Waals surface area contributed by atoms with Gasteiger partial charge in [-0.05, 0) is 41.5 Å². The summed E-state index contributed by atoms with van der Waals surface area (Å²) >= 11 is 0. The Balaban J connectivity index is 0. The normalized spacial score (nSPS) is 11.4. The zero-order valence-corrected chi connectivity index (χ0v) is 15.6. The number of rotatable bonds is 8. The predicted octanol–water partition coefficient (Wildman–Crippen LogP) is 1.32. The number of carbonyl (C=O) groups excluding carboxylic acids is 3. The summed E-state index contributed by atoms with van der Waals surface area (Å²) in [5, 5.41) is 0. The molecule has 109 valence electrons. The Morgan fingerprint density at radius 2 is 1.37 bits per heavy atom. The molecule has 0 atom stereocenters. The number of hydrogen-bond donors (Lipinski definition) is 0. The first-order valence-corrected chi connectivity index (χ1v) is 5.99. The van der Waals surface area contributed by atoms with E-state index in [9.17, 15) is 14.4 Å². The molecule has 1 radical (unpaired) electrons. The van der Waals surface area contributed by atoms with Crippen molar-refractivity contribution in [3.05, 3.63) is 0 Å². The van der Waals surface area contributed by atoms with Crippen molar-refractivity contribution in [1.29, 1.82) is 0 Å². The van der Waals surface area contributed by atoms with Crippen LogP contribution >= 0.6 is 0 Å². The largest absolute Gasteiger partial charge is 0.371 e. The molecule has 0 rings (SSSR count). The van der Waals surface area contributed by atoms with Crippen LogP contribution in [-0.2, 0) is 46.2 Å². The summed E-state index contributed by atoms with van der Waals surface area (Å²) in [6.45, 7) is 8.89. The number of carbonyl (C=O) groups is 3. The Morgan fingerprint density at radius 1 is 0.947 bits per heavy atom. The Kier molecular flexibility index (Phi) is 9.68. The van der Waals surface area contributed by atoms with Gasteiger partial charge in [0.05, 0.1) is 12.2 Å². The van der Waals surface area contributed by atoms with Crippen LogP contribution in [0.5, 0.6) is 0 Å². The molecule has 0 bridgehead atoms. The summed E-state index contributed by atoms with van der Waals surface area (Å²) in [7, 11) is 0. The minimum absolute atomic E-state index is 0. The van der Waals surface area contributed by atoms with Gasteiger partial charge >= 0.3 is 0 Å². The average molecular weight is 439 g/mol. The molecule has 0 spiro atoms. The average Bonchev–Trinajstić information content (AvgIpc) is 2.20. The van der Waals surface area contributed by atoms with E-state index in [0.717, 1.165) is 0 Å². The Bertz CT molecular complexity index is 322. The topological polar surface area (TPSA) is 69.7 Å². The van der Waals surface area contributed by atoms with Gasteiger partial charge in [-0.15, -0.1) is 0 Å². The van der Waals surface area contributed by atoms with Crippen LogP contribution in [0, 0.1) is 0 Å². The molecular weight excluding hydrogens is 417 g/mol. The van der Waals surface area contributed by atoms with Gasteiger partial charge in [0.15, 0.2) is 11.6 Å². The molecule has 0 aromatic heterocycles. The Morgan fingerprint density at radius 3 is 1.63 bits per heavy atom. The summed E-state index contributed by atoms with van der Waals surface area (Å²) in [6, 6.07) is 0. The molecule has 0 aliphatic carbocycles. The summed E-state index contributed by atoms with van der Waals surface area (Å²) < 4.78 is 10.5. The molecule has 0 N–H and O–H groups in total. The molecule has 0 aliphatic rings. The van der Waals surface area contributed by atoms with Crippen molar-refractivity contribution in [2.24, 2.45) is 0 Å². The predicted molar refractivity (Wildman–Crippen MR) is 66.4 cm³/mol. The first kappa shape index (κ1) is 21.0. The molecule has 0 aliphatic heterocycles. The molecule has 0 saturated heterocycles. The molecule has 0 aromatic rings. The maximum Gasteiger partial charge on any atom is 0.244 e. The second-order valence-electron chi connectivity index (χ2n) is 4.74. The first-order chi connectivity index (χ1) is 8.14. The molecule has 0 saturated carbocycles. The molecule has 0 aromatic carbocycles. The summed E-state index contributed by atoms with van der Waals surface area (Å²) in [5.74, 6) is -1.87. The number of Topliss-reactive ketones (excluding diaryl/α,β-unsaturated/α-hetero) is 3. The second kappa shape index (κ2) is 8.76. The molecule has 0 amide bonds. The van der Waals surface area contributed by atoms with E-state index in [1.807, 2.05) is 0 Å². The van der Waals surface area contributed by atoms with Gasteiger partial charge in [0, 0.05) is 22.4 Å². The Labute approximate surface area is 129 Å². The zero-order chi connectivity index (χ0) is 14.5. The van der Waals surface area contributed by atoms with Gasteiger partial charge in [-0.3, -0.25) is 14.4 Å². The van der Waals surface area contributed by atoms with E-state index in [4.69, 9.17) is 9.47 Å². The molecule has 19 heavy (non-hydrogen) atoms. The van der Waals surface area contributed by atoms with Crippen molar-refractivity contribution < 1.29 is 46.2 Å². The smallest absolute Gasteiger partial charge is 0.244 e. The van der Waals surface area contributed by atoms with Crippen LogP contribution in [0.1, 0.15) is 41.5 Å². The van der Waals surface area contributed by atoms with Crippen molar-refractivity contribution in [2.75, 3.05) is 6.61 Å². The van der Waals surface area contributed by atoms with Crippen molar-refractivity contribution in [2.45, 2.75) is 59.4 Å². The second-order valence-corrected chi connectivity index (χ2v) is 4.74. The van der Waals surface area contributed by atoms with E-state index in [2.05, 4.69) is 0 Å². The van der Waals surface area contributed by atoms with E-state index >= 15 is 0 Å². The molecular formula is C13H22O5Ta. The molecule has 0 heterocycles. The SMILES string of the molecule is CC(=O)C(OC(C)C)(C(C)=O)C(=O)COC(C)C.[Ta]. The van der Waals surface area contributed by atoms with Crippen molar-refractivity contribution in [3.8, 4) is 0 Å². The van der Waals surface area contributed by atoms with Gasteiger partial charge < -0.3 is 9.47 Å². The van der Waals surface area contributed by atoms with Crippen LogP contribution in [-0.4, -0.2) is 41.8 Å². The van der Waals surface area contributed by atoms with Crippen molar-refractivity contribution >= 4 is 17.3 Å². The number of hydrogen-bond acceptors (Lipinski definition) is 5. The fraction of sp³-hybridized carbons (Fsp3) is 0.769. The van der Waals surface area contributed by atoms with Gasteiger partial charge in [-0.25, -0.2) is 0 Å². The van der Waals surface area contributed by atoms with Crippen molar-refractivity contribution in [3.63, 3.8) is 0 Å². The summed E-state index contributed by atoms with van der Waals surface area (Å²) in [4.78, 5) is 35.5. The molecule has 6 heteroatoms. The van der Waals surface area contributed by atoms with E-state index < -0.39 is 29.1 Å². The van der Waals surface area contributed by atoms with Crippen LogP contribution in [0.2, 0.25) is 0 Å². The maximum atomic E-state index is 12.1. The van der Waals surface area contributed by atoms with E-state index in [0.29, 0.717) is 0 Å². The van der Waals surface area contributed by atoms with Crippen LogP contribution < -0.4 is 0 Å². The molecule has 0 fully saturated rings. The standard InChI is InChI=1S/C13H22O5.Ta/c1-8(2)17-7-12(16)13(10(5)14,11(6)15)18-9(3)4;/h8-9H,7H2,1-6H3;. The third kappa shape index (κ3) is 5.67. The van der Waals surface area contributed by atoms with Gasteiger partial charge in [-0.2, -0.15) is 0 Å². The van der Waals surface area contributed by atoms with E-state index in [1.54, 1.807) is 27.7 Å². The van der Waals surface area contributed by atoms with Crippen LogP contribution in [0.15, 0.2) is 0 Å². The zero-order valence-electron chi connectivity index (χ0n) is 12.4. The maximum absolute atomic E-state index is 12.1.